The summed E-state index contributed by atoms with van der Waals surface area (Å²) in [6.45, 7) is 8.48. The number of hydrogen-bond donors (Lipinski definition) is 2. The van der Waals surface area contributed by atoms with Crippen LogP contribution in [0.15, 0.2) is 24.4 Å². The van der Waals surface area contributed by atoms with E-state index >= 15 is 0 Å². The van der Waals surface area contributed by atoms with Gasteiger partial charge in [0.1, 0.15) is 12.4 Å². The van der Waals surface area contributed by atoms with Gasteiger partial charge in [-0.3, -0.25) is 0 Å². The second-order valence-corrected chi connectivity index (χ2v) is 6.97. The molecule has 2 aromatic rings. The Morgan fingerprint density at radius 1 is 1.23 bits per heavy atom. The second-order valence-electron chi connectivity index (χ2n) is 6.97. The van der Waals surface area contributed by atoms with Crippen molar-refractivity contribution in [3.05, 3.63) is 30.1 Å². The van der Waals surface area contributed by atoms with E-state index < -0.39 is 11.6 Å². The standard InChI is InChI=1S/C18H25N5O3/c1-11(2)9-18(4,20)10-25-15-6-5-13(22-12(15)3)14-7-8-21-17(23-14)26-16(19)24/h5-8,11H,9-10,20H2,1-4H3,(H2,19,24). The monoisotopic (exact) mass is 359 g/mol. The Morgan fingerprint density at radius 2 is 1.92 bits per heavy atom. The maximum Gasteiger partial charge on any atom is 0.412 e. The van der Waals surface area contributed by atoms with Gasteiger partial charge in [-0.2, -0.15) is 4.98 Å². The molecule has 8 heteroatoms. The molecule has 0 aliphatic heterocycles. The van der Waals surface area contributed by atoms with Gasteiger partial charge in [-0.1, -0.05) is 13.8 Å². The van der Waals surface area contributed by atoms with Crippen LogP contribution < -0.4 is 20.9 Å². The highest BCUT2D eigenvalue weighted by Crippen LogP contribution is 2.24. The van der Waals surface area contributed by atoms with Crippen molar-refractivity contribution < 1.29 is 14.3 Å². The highest BCUT2D eigenvalue weighted by molar-refractivity contribution is 5.67. The summed E-state index contributed by atoms with van der Waals surface area (Å²) < 4.78 is 10.6. The van der Waals surface area contributed by atoms with E-state index in [1.54, 1.807) is 12.1 Å². The number of primary amides is 1. The van der Waals surface area contributed by atoms with E-state index in [-0.39, 0.29) is 6.01 Å². The van der Waals surface area contributed by atoms with Crippen LogP contribution in [0.25, 0.3) is 11.4 Å². The van der Waals surface area contributed by atoms with Crippen LogP contribution in [0.3, 0.4) is 0 Å². The van der Waals surface area contributed by atoms with Gasteiger partial charge < -0.3 is 20.9 Å². The molecule has 26 heavy (non-hydrogen) atoms. The van der Waals surface area contributed by atoms with Crippen LogP contribution in [0, 0.1) is 12.8 Å². The largest absolute Gasteiger partial charge is 0.490 e. The Balaban J connectivity index is 2.13. The summed E-state index contributed by atoms with van der Waals surface area (Å²) in [5.41, 5.74) is 12.7. The van der Waals surface area contributed by atoms with Gasteiger partial charge in [-0.05, 0) is 44.4 Å². The van der Waals surface area contributed by atoms with Gasteiger partial charge in [0.25, 0.3) is 0 Å². The number of nitrogens with two attached hydrogens (primary N) is 2. The predicted octanol–water partition coefficient (Wildman–Crippen LogP) is 2.45. The van der Waals surface area contributed by atoms with Crippen molar-refractivity contribution in [2.75, 3.05) is 6.61 Å². The molecule has 0 aliphatic rings. The maximum absolute atomic E-state index is 10.8. The Kier molecular flexibility index (Phi) is 6.10. The molecule has 4 N–H and O–H groups in total. The van der Waals surface area contributed by atoms with Gasteiger partial charge in [0.15, 0.2) is 0 Å². The fourth-order valence-corrected chi connectivity index (χ4v) is 2.70. The molecule has 2 rings (SSSR count). The molecule has 0 spiro atoms. The average molecular weight is 359 g/mol. The number of carbonyl (C=O) groups is 1. The molecule has 0 aliphatic carbocycles. The third-order valence-corrected chi connectivity index (χ3v) is 3.56. The topological polar surface area (TPSA) is 126 Å². The molecule has 0 saturated carbocycles. The molecule has 140 valence electrons. The van der Waals surface area contributed by atoms with Gasteiger partial charge >= 0.3 is 12.1 Å². The van der Waals surface area contributed by atoms with E-state index in [0.717, 1.165) is 6.42 Å². The Labute approximate surface area is 153 Å². The van der Waals surface area contributed by atoms with Gasteiger partial charge in [0, 0.05) is 11.7 Å². The molecule has 2 heterocycles. The van der Waals surface area contributed by atoms with Crippen LogP contribution >= 0.6 is 0 Å². The normalized spacial score (nSPS) is 13.3. The van der Waals surface area contributed by atoms with Crippen molar-refractivity contribution in [1.82, 2.24) is 15.0 Å². The van der Waals surface area contributed by atoms with Crippen molar-refractivity contribution >= 4 is 6.09 Å². The number of rotatable bonds is 7. The Bertz CT molecular complexity index is 777. The molecule has 0 saturated heterocycles. The molecule has 1 unspecified atom stereocenters. The van der Waals surface area contributed by atoms with Crippen molar-refractivity contribution in [3.63, 3.8) is 0 Å². The van der Waals surface area contributed by atoms with Crippen LogP contribution in [0.2, 0.25) is 0 Å². The lowest BCUT2D eigenvalue weighted by Crippen LogP contribution is -2.43. The molecule has 8 nitrogen and oxygen atoms in total. The molecule has 1 amide bonds. The van der Waals surface area contributed by atoms with Gasteiger partial charge in [-0.25, -0.2) is 14.8 Å². The van der Waals surface area contributed by atoms with Crippen LogP contribution in [-0.4, -0.2) is 33.2 Å². The predicted molar refractivity (Wildman–Crippen MR) is 97.8 cm³/mol. The molecular weight excluding hydrogens is 334 g/mol. The SMILES string of the molecule is Cc1nc(-c2ccnc(OC(N)=O)n2)ccc1OCC(C)(N)CC(C)C. The number of nitrogens with zero attached hydrogens (tertiary/aromatic N) is 3. The number of amides is 1. The molecule has 0 aromatic carbocycles. The van der Waals surface area contributed by atoms with Crippen molar-refractivity contribution in [3.8, 4) is 23.1 Å². The number of aryl methyl sites for hydroxylation is 1. The van der Waals surface area contributed by atoms with Crippen LogP contribution in [-0.2, 0) is 0 Å². The number of pyridine rings is 1. The van der Waals surface area contributed by atoms with E-state index in [0.29, 0.717) is 35.4 Å². The number of aromatic nitrogens is 3. The summed E-state index contributed by atoms with van der Waals surface area (Å²) in [4.78, 5) is 23.2. The second kappa shape index (κ2) is 8.09. The highest BCUT2D eigenvalue weighted by Gasteiger charge is 2.21. The van der Waals surface area contributed by atoms with E-state index in [4.69, 9.17) is 16.2 Å². The molecule has 0 bridgehead atoms. The summed E-state index contributed by atoms with van der Waals surface area (Å²) in [5.74, 6) is 1.15. The van der Waals surface area contributed by atoms with Gasteiger partial charge in [0.05, 0.1) is 17.1 Å². The summed E-state index contributed by atoms with van der Waals surface area (Å²) in [7, 11) is 0. The highest BCUT2D eigenvalue weighted by atomic mass is 16.6. The molecular formula is C18H25N5O3. The minimum Gasteiger partial charge on any atom is -0.490 e. The van der Waals surface area contributed by atoms with Crippen LogP contribution in [0.5, 0.6) is 11.8 Å². The fourth-order valence-electron chi connectivity index (χ4n) is 2.70. The van der Waals surface area contributed by atoms with E-state index in [9.17, 15) is 4.79 Å². The van der Waals surface area contributed by atoms with E-state index in [2.05, 4.69) is 33.5 Å². The first-order valence-corrected chi connectivity index (χ1v) is 8.36. The van der Waals surface area contributed by atoms with E-state index in [1.165, 1.54) is 6.20 Å². The molecule has 0 fully saturated rings. The first kappa shape index (κ1) is 19.6. The molecule has 1 atom stereocenters. The van der Waals surface area contributed by atoms with Crippen molar-refractivity contribution in [2.45, 2.75) is 39.7 Å². The number of carbonyl (C=O) groups excluding carboxylic acids is 1. The lowest BCUT2D eigenvalue weighted by molar-refractivity contribution is 0.205. The first-order chi connectivity index (χ1) is 12.2. The maximum atomic E-state index is 10.8. The minimum atomic E-state index is -0.971. The summed E-state index contributed by atoms with van der Waals surface area (Å²) in [5, 5.41) is 0. The Morgan fingerprint density at radius 3 is 2.54 bits per heavy atom. The zero-order chi connectivity index (χ0) is 19.3. The van der Waals surface area contributed by atoms with E-state index in [1.807, 2.05) is 19.9 Å². The van der Waals surface area contributed by atoms with Gasteiger partial charge in [-0.15, -0.1) is 0 Å². The first-order valence-electron chi connectivity index (χ1n) is 8.36. The van der Waals surface area contributed by atoms with Crippen molar-refractivity contribution in [1.29, 1.82) is 0 Å². The third-order valence-electron chi connectivity index (χ3n) is 3.56. The average Bonchev–Trinajstić information content (AvgIpc) is 2.52. The summed E-state index contributed by atoms with van der Waals surface area (Å²) in [6, 6.07) is 5.13. The molecule has 2 aromatic heterocycles. The van der Waals surface area contributed by atoms with Gasteiger partial charge in [0.2, 0.25) is 0 Å². The smallest absolute Gasteiger partial charge is 0.412 e. The third kappa shape index (κ3) is 5.66. The van der Waals surface area contributed by atoms with Crippen LogP contribution in [0.1, 0.15) is 32.9 Å². The summed E-state index contributed by atoms with van der Waals surface area (Å²) >= 11 is 0. The zero-order valence-electron chi connectivity index (χ0n) is 15.5. The summed E-state index contributed by atoms with van der Waals surface area (Å²) in [6.07, 6.45) is 1.36. The quantitative estimate of drug-likeness (QED) is 0.777. The fraction of sp³-hybridized carbons (Fsp3) is 0.444. The van der Waals surface area contributed by atoms with Crippen molar-refractivity contribution in [2.24, 2.45) is 17.4 Å². The number of ether oxygens (including phenoxy) is 2. The minimum absolute atomic E-state index is 0.123. The number of hydrogen-bond acceptors (Lipinski definition) is 7. The lowest BCUT2D eigenvalue weighted by Gasteiger charge is -2.26. The zero-order valence-corrected chi connectivity index (χ0v) is 15.5. The molecule has 0 radical (unpaired) electrons. The Hall–Kier alpha value is -2.74. The van der Waals surface area contributed by atoms with Crippen LogP contribution in [0.4, 0.5) is 4.79 Å². The lowest BCUT2D eigenvalue weighted by atomic mass is 9.93.